The van der Waals surface area contributed by atoms with Gasteiger partial charge in [-0.2, -0.15) is 0 Å². The summed E-state index contributed by atoms with van der Waals surface area (Å²) in [7, 11) is 0. The zero-order valence-electron chi connectivity index (χ0n) is 10.9. The smallest absolute Gasteiger partial charge is 0.335 e. The van der Waals surface area contributed by atoms with Crippen LogP contribution in [0.15, 0.2) is 23.3 Å². The van der Waals surface area contributed by atoms with Gasteiger partial charge in [0, 0.05) is 0 Å². The third kappa shape index (κ3) is 8.24. The van der Waals surface area contributed by atoms with Crippen LogP contribution >= 0.6 is 0 Å². The highest BCUT2D eigenvalue weighted by Gasteiger charge is 2.13. The van der Waals surface area contributed by atoms with Crippen LogP contribution in [0, 0.1) is 0 Å². The van der Waals surface area contributed by atoms with E-state index in [9.17, 15) is 4.79 Å². The summed E-state index contributed by atoms with van der Waals surface area (Å²) in [5, 5.41) is 0. The molecule has 1 atom stereocenters. The molecule has 0 aromatic carbocycles. The minimum absolute atomic E-state index is 0.317. The fourth-order valence-electron chi connectivity index (χ4n) is 0.835. The number of hydrogen-bond acceptors (Lipinski definition) is 3. The van der Waals surface area contributed by atoms with E-state index in [4.69, 9.17) is 9.47 Å². The van der Waals surface area contributed by atoms with Gasteiger partial charge in [0.25, 0.3) is 0 Å². The van der Waals surface area contributed by atoms with Gasteiger partial charge in [0.15, 0.2) is 6.10 Å². The summed E-state index contributed by atoms with van der Waals surface area (Å²) in [5.41, 5.74) is 2.30. The monoisotopic (exact) mass is 226 g/mol. The van der Waals surface area contributed by atoms with Crippen molar-refractivity contribution in [2.75, 3.05) is 13.2 Å². The molecule has 3 heteroatoms. The van der Waals surface area contributed by atoms with Gasteiger partial charge in [-0.3, -0.25) is 0 Å². The van der Waals surface area contributed by atoms with Gasteiger partial charge < -0.3 is 9.47 Å². The average Bonchev–Trinajstić information content (AvgIpc) is 2.16. The van der Waals surface area contributed by atoms with Gasteiger partial charge in [0.2, 0.25) is 0 Å². The molecule has 16 heavy (non-hydrogen) atoms. The Morgan fingerprint density at radius 2 is 1.56 bits per heavy atom. The van der Waals surface area contributed by atoms with Gasteiger partial charge >= 0.3 is 5.97 Å². The zero-order valence-corrected chi connectivity index (χ0v) is 10.9. The van der Waals surface area contributed by atoms with E-state index >= 15 is 0 Å². The number of allylic oxidation sites excluding steroid dienone is 2. The summed E-state index contributed by atoms with van der Waals surface area (Å²) in [5.74, 6) is -0.320. The van der Waals surface area contributed by atoms with E-state index in [1.54, 1.807) is 6.92 Å². The molecule has 0 aliphatic rings. The van der Waals surface area contributed by atoms with Gasteiger partial charge in [0.1, 0.15) is 6.61 Å². The molecule has 0 radical (unpaired) electrons. The van der Waals surface area contributed by atoms with Crippen molar-refractivity contribution in [3.05, 3.63) is 23.3 Å². The Balaban J connectivity index is 3.82. The van der Waals surface area contributed by atoms with Crippen LogP contribution in [0.4, 0.5) is 0 Å². The number of ether oxygens (including phenoxy) is 2. The van der Waals surface area contributed by atoms with Gasteiger partial charge in [-0.05, 0) is 40.7 Å². The topological polar surface area (TPSA) is 35.5 Å². The lowest BCUT2D eigenvalue weighted by Crippen LogP contribution is -2.23. The van der Waals surface area contributed by atoms with E-state index < -0.39 is 6.10 Å². The lowest BCUT2D eigenvalue weighted by atomic mass is 10.3. The molecule has 0 fully saturated rings. The van der Waals surface area contributed by atoms with Crippen molar-refractivity contribution in [3.63, 3.8) is 0 Å². The maximum Gasteiger partial charge on any atom is 0.335 e. The molecule has 0 saturated heterocycles. The third-order valence-corrected chi connectivity index (χ3v) is 1.89. The Labute approximate surface area is 98.1 Å². The van der Waals surface area contributed by atoms with E-state index in [-0.39, 0.29) is 5.97 Å². The predicted molar refractivity (Wildman–Crippen MR) is 65.2 cm³/mol. The Morgan fingerprint density at radius 1 is 1.06 bits per heavy atom. The van der Waals surface area contributed by atoms with Crippen LogP contribution in [0.1, 0.15) is 34.6 Å². The van der Waals surface area contributed by atoms with Crippen molar-refractivity contribution in [1.29, 1.82) is 0 Å². The first-order valence-electron chi connectivity index (χ1n) is 5.48. The molecule has 0 bridgehead atoms. The van der Waals surface area contributed by atoms with Crippen LogP contribution in [0.5, 0.6) is 0 Å². The lowest BCUT2D eigenvalue weighted by molar-refractivity contribution is -0.154. The Bertz CT molecular complexity index is 269. The Kier molecular flexibility index (Phi) is 7.56. The highest BCUT2D eigenvalue weighted by Crippen LogP contribution is 1.98. The van der Waals surface area contributed by atoms with E-state index in [1.807, 2.05) is 39.8 Å². The van der Waals surface area contributed by atoms with Crippen LogP contribution in [0.25, 0.3) is 0 Å². The largest absolute Gasteiger partial charge is 0.460 e. The zero-order chi connectivity index (χ0) is 12.6. The number of carbonyl (C=O) groups excluding carboxylic acids is 1. The maximum atomic E-state index is 11.4. The summed E-state index contributed by atoms with van der Waals surface area (Å²) in [6.45, 7) is 10.4. The Morgan fingerprint density at radius 3 is 2.06 bits per heavy atom. The summed E-state index contributed by atoms with van der Waals surface area (Å²) in [4.78, 5) is 11.4. The molecule has 0 spiro atoms. The first-order chi connectivity index (χ1) is 7.43. The number of carbonyl (C=O) groups is 1. The van der Waals surface area contributed by atoms with Crippen molar-refractivity contribution < 1.29 is 14.3 Å². The summed E-state index contributed by atoms with van der Waals surface area (Å²) >= 11 is 0. The molecule has 0 N–H and O–H groups in total. The Hall–Kier alpha value is -1.09. The van der Waals surface area contributed by atoms with Crippen molar-refractivity contribution >= 4 is 5.97 Å². The normalized spacial score (nSPS) is 11.6. The van der Waals surface area contributed by atoms with E-state index in [0.29, 0.717) is 13.2 Å². The maximum absolute atomic E-state index is 11.4. The molecule has 0 aliphatic carbocycles. The molecule has 0 aromatic rings. The molecule has 0 amide bonds. The van der Waals surface area contributed by atoms with E-state index in [2.05, 4.69) is 0 Å². The number of esters is 1. The minimum Gasteiger partial charge on any atom is -0.460 e. The van der Waals surface area contributed by atoms with Crippen LogP contribution in [0.2, 0.25) is 0 Å². The fourth-order valence-corrected chi connectivity index (χ4v) is 0.835. The van der Waals surface area contributed by atoms with Gasteiger partial charge in [-0.1, -0.05) is 17.2 Å². The van der Waals surface area contributed by atoms with Crippen LogP contribution < -0.4 is 0 Å². The van der Waals surface area contributed by atoms with Crippen molar-refractivity contribution in [1.82, 2.24) is 0 Å². The summed E-state index contributed by atoms with van der Waals surface area (Å²) in [6, 6.07) is 0. The molecule has 0 heterocycles. The second-order valence-corrected chi connectivity index (χ2v) is 4.17. The average molecular weight is 226 g/mol. The standard InChI is InChI=1S/C13H22O3/c1-10(2)6-8-15-12(5)13(14)16-9-7-11(3)4/h6-7,12H,8-9H2,1-5H3/t12-/m0/s1. The molecular formula is C13H22O3. The molecule has 0 rings (SSSR count). The molecular weight excluding hydrogens is 204 g/mol. The van der Waals surface area contributed by atoms with Crippen molar-refractivity contribution in [2.24, 2.45) is 0 Å². The second-order valence-electron chi connectivity index (χ2n) is 4.17. The predicted octanol–water partition coefficient (Wildman–Crippen LogP) is 2.87. The van der Waals surface area contributed by atoms with E-state index in [1.165, 1.54) is 5.57 Å². The summed E-state index contributed by atoms with van der Waals surface area (Å²) in [6.07, 6.45) is 3.28. The lowest BCUT2D eigenvalue weighted by Gasteiger charge is -2.10. The third-order valence-electron chi connectivity index (χ3n) is 1.89. The first-order valence-corrected chi connectivity index (χ1v) is 5.48. The van der Waals surface area contributed by atoms with E-state index in [0.717, 1.165) is 5.57 Å². The quantitative estimate of drug-likeness (QED) is 0.516. The first kappa shape index (κ1) is 14.9. The number of hydrogen-bond donors (Lipinski definition) is 0. The van der Waals surface area contributed by atoms with Gasteiger partial charge in [-0.25, -0.2) is 4.79 Å². The van der Waals surface area contributed by atoms with Crippen molar-refractivity contribution in [2.45, 2.75) is 40.7 Å². The number of rotatable bonds is 6. The molecule has 0 saturated carbocycles. The van der Waals surface area contributed by atoms with Gasteiger partial charge in [-0.15, -0.1) is 0 Å². The molecule has 3 nitrogen and oxygen atoms in total. The van der Waals surface area contributed by atoms with Crippen molar-refractivity contribution in [3.8, 4) is 0 Å². The second kappa shape index (κ2) is 8.11. The van der Waals surface area contributed by atoms with Crippen LogP contribution in [-0.2, 0) is 14.3 Å². The van der Waals surface area contributed by atoms with Gasteiger partial charge in [0.05, 0.1) is 6.61 Å². The highest BCUT2D eigenvalue weighted by atomic mass is 16.6. The molecule has 0 unspecified atom stereocenters. The molecule has 0 aromatic heterocycles. The highest BCUT2D eigenvalue weighted by molar-refractivity contribution is 5.74. The van der Waals surface area contributed by atoms with Crippen LogP contribution in [0.3, 0.4) is 0 Å². The fraction of sp³-hybridized carbons (Fsp3) is 0.615. The molecule has 0 aliphatic heterocycles. The van der Waals surface area contributed by atoms with Crippen LogP contribution in [-0.4, -0.2) is 25.3 Å². The summed E-state index contributed by atoms with van der Waals surface area (Å²) < 4.78 is 10.3. The SMILES string of the molecule is CC(C)=CCOC(=O)[C@H](C)OCC=C(C)C. The minimum atomic E-state index is -0.513. The molecule has 92 valence electrons.